The molecule has 0 bridgehead atoms. The van der Waals surface area contributed by atoms with Crippen LogP contribution in [0.1, 0.15) is 49.4 Å². The monoisotopic (exact) mass is 478 g/mol. The first-order valence-corrected chi connectivity index (χ1v) is 10.4. The number of carbonyl (C=O) groups is 3. The molecule has 1 amide bonds. The third kappa shape index (κ3) is 3.65. The van der Waals surface area contributed by atoms with Crippen molar-refractivity contribution in [2.45, 2.75) is 31.5 Å². The highest BCUT2D eigenvalue weighted by Crippen LogP contribution is 2.47. The summed E-state index contributed by atoms with van der Waals surface area (Å²) >= 11 is 0. The van der Waals surface area contributed by atoms with E-state index in [1.165, 1.54) is 25.3 Å². The van der Waals surface area contributed by atoms with Crippen molar-refractivity contribution in [2.24, 2.45) is 11.7 Å². The van der Waals surface area contributed by atoms with E-state index in [9.17, 15) is 37.8 Å². The molecule has 0 saturated carbocycles. The van der Waals surface area contributed by atoms with Gasteiger partial charge in [0.1, 0.15) is 23.3 Å². The molecule has 2 aliphatic rings. The number of hydrogen-bond acceptors (Lipinski definition) is 7. The highest BCUT2D eigenvalue weighted by Gasteiger charge is 2.41. The number of phenols is 2. The fourth-order valence-corrected chi connectivity index (χ4v) is 4.50. The Kier molecular flexibility index (Phi) is 5.76. The van der Waals surface area contributed by atoms with Crippen molar-refractivity contribution in [3.63, 3.8) is 0 Å². The van der Waals surface area contributed by atoms with Gasteiger partial charge in [0.2, 0.25) is 11.7 Å². The molecular weight excluding hydrogens is 457 g/mol. The molecule has 5 N–H and O–H groups in total. The van der Waals surface area contributed by atoms with Crippen molar-refractivity contribution in [1.82, 2.24) is 5.32 Å². The molecular formula is C23H21F3N2O6. The van der Waals surface area contributed by atoms with E-state index in [1.54, 1.807) is 0 Å². The highest BCUT2D eigenvalue weighted by atomic mass is 19.4. The van der Waals surface area contributed by atoms with Gasteiger partial charge in [0.15, 0.2) is 5.78 Å². The first-order chi connectivity index (χ1) is 16.0. The van der Waals surface area contributed by atoms with Crippen LogP contribution in [0, 0.1) is 5.92 Å². The molecule has 0 spiro atoms. The van der Waals surface area contributed by atoms with Crippen LogP contribution in [0.5, 0.6) is 17.2 Å². The number of aromatic hydroxyl groups is 2. The van der Waals surface area contributed by atoms with Crippen LogP contribution in [0.25, 0.3) is 0 Å². The number of carbonyl (C=O) groups excluding carboxylic acids is 3. The maximum atomic E-state index is 13.2. The fraction of sp³-hybridized carbons (Fsp3) is 0.348. The van der Waals surface area contributed by atoms with Gasteiger partial charge in [-0.3, -0.25) is 14.4 Å². The van der Waals surface area contributed by atoms with Crippen molar-refractivity contribution in [3.8, 4) is 17.2 Å². The topological polar surface area (TPSA) is 139 Å². The minimum atomic E-state index is -4.67. The molecule has 180 valence electrons. The largest absolute Gasteiger partial charge is 0.507 e. The van der Waals surface area contributed by atoms with Gasteiger partial charge < -0.3 is 26.0 Å². The Morgan fingerprint density at radius 3 is 2.44 bits per heavy atom. The van der Waals surface area contributed by atoms with E-state index in [1.807, 2.05) is 0 Å². The van der Waals surface area contributed by atoms with Crippen molar-refractivity contribution in [2.75, 3.05) is 13.7 Å². The number of halogens is 3. The van der Waals surface area contributed by atoms with Crippen LogP contribution in [-0.2, 0) is 17.6 Å². The number of nitrogens with two attached hydrogens (primary N) is 1. The third-order valence-electron chi connectivity index (χ3n) is 6.31. The summed E-state index contributed by atoms with van der Waals surface area (Å²) in [6, 6.07) is 2.18. The maximum Gasteiger partial charge on any atom is 0.405 e. The van der Waals surface area contributed by atoms with Gasteiger partial charge in [0.05, 0.1) is 23.8 Å². The lowest BCUT2D eigenvalue weighted by molar-refractivity contribution is -0.148. The number of ether oxygens (including phenoxy) is 1. The van der Waals surface area contributed by atoms with Crippen LogP contribution < -0.4 is 15.8 Å². The van der Waals surface area contributed by atoms with E-state index in [2.05, 4.69) is 5.32 Å². The lowest BCUT2D eigenvalue weighted by Crippen LogP contribution is -2.48. The number of rotatable bonds is 4. The Morgan fingerprint density at radius 1 is 1.15 bits per heavy atom. The number of amides is 1. The Labute approximate surface area is 191 Å². The van der Waals surface area contributed by atoms with Crippen LogP contribution in [0.3, 0.4) is 0 Å². The van der Waals surface area contributed by atoms with E-state index in [0.29, 0.717) is 0 Å². The summed E-state index contributed by atoms with van der Waals surface area (Å²) in [6.07, 6.45) is -4.59. The van der Waals surface area contributed by atoms with E-state index in [4.69, 9.17) is 10.5 Å². The van der Waals surface area contributed by atoms with Gasteiger partial charge in [-0.1, -0.05) is 12.1 Å². The minimum absolute atomic E-state index is 0.00209. The van der Waals surface area contributed by atoms with Crippen molar-refractivity contribution < 1.29 is 42.5 Å². The predicted octanol–water partition coefficient (Wildman–Crippen LogP) is 1.99. The molecule has 0 fully saturated rings. The van der Waals surface area contributed by atoms with Gasteiger partial charge in [-0.15, -0.1) is 0 Å². The quantitative estimate of drug-likeness (QED) is 0.421. The number of ketones is 2. The predicted molar refractivity (Wildman–Crippen MR) is 112 cm³/mol. The molecule has 0 saturated heterocycles. The van der Waals surface area contributed by atoms with Crippen molar-refractivity contribution >= 4 is 17.5 Å². The molecule has 2 aromatic carbocycles. The van der Waals surface area contributed by atoms with Gasteiger partial charge in [-0.2, -0.15) is 13.2 Å². The fourth-order valence-electron chi connectivity index (χ4n) is 4.50. The molecule has 2 atom stereocenters. The molecule has 8 nitrogen and oxygen atoms in total. The number of hydrogen-bond donors (Lipinski definition) is 4. The number of alkyl halides is 3. The number of benzene rings is 2. The summed E-state index contributed by atoms with van der Waals surface area (Å²) in [6.45, 7) is -0.807. The Hall–Kier alpha value is -3.60. The summed E-state index contributed by atoms with van der Waals surface area (Å²) in [4.78, 5) is 38.9. The Morgan fingerprint density at radius 2 is 1.79 bits per heavy atom. The molecule has 11 heteroatoms. The van der Waals surface area contributed by atoms with Crippen LogP contribution in [0.2, 0.25) is 0 Å². The second kappa shape index (κ2) is 8.32. The SMILES string of the molecule is COc1cccc2c1C(=O)c1c(O)c3c(c(O)c1C2=O)CC(C(=O)NCC(N)C(F)(F)F)CC3. The van der Waals surface area contributed by atoms with E-state index < -0.39 is 53.7 Å². The Bertz CT molecular complexity index is 1220. The summed E-state index contributed by atoms with van der Waals surface area (Å²) in [5, 5.41) is 24.0. The minimum Gasteiger partial charge on any atom is -0.507 e. The van der Waals surface area contributed by atoms with Crippen molar-refractivity contribution in [3.05, 3.63) is 51.6 Å². The molecule has 2 unspecified atom stereocenters. The number of nitrogens with one attached hydrogen (secondary N) is 1. The van der Waals surface area contributed by atoms with Gasteiger partial charge in [0, 0.05) is 29.2 Å². The average molecular weight is 478 g/mol. The molecule has 4 rings (SSSR count). The second-order valence-corrected chi connectivity index (χ2v) is 8.28. The second-order valence-electron chi connectivity index (χ2n) is 8.28. The molecule has 2 aliphatic carbocycles. The van der Waals surface area contributed by atoms with E-state index >= 15 is 0 Å². The Balaban J connectivity index is 1.69. The van der Waals surface area contributed by atoms with Crippen LogP contribution >= 0.6 is 0 Å². The zero-order valence-corrected chi connectivity index (χ0v) is 18.0. The molecule has 0 aromatic heterocycles. The molecule has 0 radical (unpaired) electrons. The van der Waals surface area contributed by atoms with E-state index in [-0.39, 0.29) is 58.4 Å². The van der Waals surface area contributed by atoms with Gasteiger partial charge in [-0.05, 0) is 25.3 Å². The molecule has 0 aliphatic heterocycles. The average Bonchev–Trinajstić information content (AvgIpc) is 2.81. The highest BCUT2D eigenvalue weighted by molar-refractivity contribution is 6.31. The molecule has 0 heterocycles. The zero-order chi connectivity index (χ0) is 24.9. The first-order valence-electron chi connectivity index (χ1n) is 10.4. The summed E-state index contributed by atoms with van der Waals surface area (Å²) in [7, 11) is 1.33. The number of fused-ring (bicyclic) bond motifs is 3. The van der Waals surface area contributed by atoms with Gasteiger partial charge >= 0.3 is 6.18 Å². The maximum absolute atomic E-state index is 13.2. The molecule has 2 aromatic rings. The van der Waals surface area contributed by atoms with Gasteiger partial charge in [0.25, 0.3) is 0 Å². The summed E-state index contributed by atoms with van der Waals surface area (Å²) < 4.78 is 43.0. The summed E-state index contributed by atoms with van der Waals surface area (Å²) in [5.74, 6) is -3.74. The normalized spacial score (nSPS) is 18.0. The van der Waals surface area contributed by atoms with Crippen LogP contribution in [-0.4, -0.2) is 53.6 Å². The lowest BCUT2D eigenvalue weighted by Gasteiger charge is -2.29. The zero-order valence-electron chi connectivity index (χ0n) is 18.0. The first kappa shape index (κ1) is 23.6. The van der Waals surface area contributed by atoms with Gasteiger partial charge in [-0.25, -0.2) is 0 Å². The lowest BCUT2D eigenvalue weighted by atomic mass is 9.75. The summed E-state index contributed by atoms with van der Waals surface area (Å²) in [5.41, 5.74) is 4.61. The number of phenolic OH excluding ortho intramolecular Hbond substituents is 2. The molecule has 34 heavy (non-hydrogen) atoms. The standard InChI is InChI=1S/C23H21F3N2O6/c1-34-13-4-2-3-11-15(13)21(32)17-16(19(11)30)20(31)12-7-9(5-6-10(12)18(17)29)22(33)28-8-14(27)23(24,25)26/h2-4,9,14,29,31H,5-8,27H2,1H3,(H,28,33). The van der Waals surface area contributed by atoms with Crippen molar-refractivity contribution in [1.29, 1.82) is 0 Å². The number of methoxy groups -OCH3 is 1. The third-order valence-corrected chi connectivity index (χ3v) is 6.31. The van der Waals surface area contributed by atoms with E-state index in [0.717, 1.165) is 0 Å². The van der Waals surface area contributed by atoms with Crippen LogP contribution in [0.15, 0.2) is 18.2 Å². The van der Waals surface area contributed by atoms with Crippen LogP contribution in [0.4, 0.5) is 13.2 Å². The smallest absolute Gasteiger partial charge is 0.405 e.